The Labute approximate surface area is 395 Å². The summed E-state index contributed by atoms with van der Waals surface area (Å²) in [7, 11) is -2.59. The van der Waals surface area contributed by atoms with Gasteiger partial charge < -0.3 is 19.5 Å². The number of nitrogens with zero attached hydrogens (tertiary/aromatic N) is 6. The van der Waals surface area contributed by atoms with Crippen molar-refractivity contribution < 1.29 is 45.0 Å². The van der Waals surface area contributed by atoms with Gasteiger partial charge in [0.05, 0.1) is 72.2 Å². The standard InChI is InChI=1S/C48H52ClF4N7O7S/c1-27-21-36(30-15-17-48(52,53)18-16-30)54-42-39(27)45(61)60(43(56-42)37(55-46(62)67-47(2,3)4)24-29-22-31(50)25-32(51)23-29)38-14-13-35(49)40-41(38)58(19-20-66-34-11-12-34)57-44(40)59(68(6,63)64)26-28-7-9-33(65-5)10-8-28/h7-10,13-14,21-23,25,30,34,37H,11-12,15-20,24,26H2,1-6H3,(H,55,62)/t37-/m0/s1. The van der Waals surface area contributed by atoms with Gasteiger partial charge in [-0.1, -0.05) is 23.7 Å². The molecule has 0 spiro atoms. The molecule has 3 aromatic heterocycles. The van der Waals surface area contributed by atoms with E-state index >= 15 is 4.79 Å². The molecule has 2 aliphatic carbocycles. The molecule has 8 rings (SSSR count). The van der Waals surface area contributed by atoms with E-state index in [4.69, 9.17) is 40.9 Å². The molecule has 68 heavy (non-hydrogen) atoms. The van der Waals surface area contributed by atoms with Crippen LogP contribution >= 0.6 is 11.6 Å². The summed E-state index contributed by atoms with van der Waals surface area (Å²) in [6, 6.07) is 13.0. The predicted molar refractivity (Wildman–Crippen MR) is 249 cm³/mol. The molecule has 20 heteroatoms. The summed E-state index contributed by atoms with van der Waals surface area (Å²) in [4.78, 5) is 39.2. The van der Waals surface area contributed by atoms with Crippen LogP contribution in [0.5, 0.6) is 5.75 Å². The summed E-state index contributed by atoms with van der Waals surface area (Å²) in [5, 5.41) is 7.95. The number of alkyl carbamates (subject to hydrolysis) is 1. The zero-order valence-electron chi connectivity index (χ0n) is 38.4. The van der Waals surface area contributed by atoms with Crippen LogP contribution in [0.4, 0.5) is 28.2 Å². The van der Waals surface area contributed by atoms with E-state index in [0.717, 1.165) is 35.5 Å². The van der Waals surface area contributed by atoms with Crippen molar-refractivity contribution in [3.63, 3.8) is 0 Å². The van der Waals surface area contributed by atoms with Crippen LogP contribution in [0.3, 0.4) is 0 Å². The molecule has 6 aromatic rings. The smallest absolute Gasteiger partial charge is 0.408 e. The number of anilines is 1. The number of sulfonamides is 1. The lowest BCUT2D eigenvalue weighted by atomic mass is 9.84. The highest BCUT2D eigenvalue weighted by molar-refractivity contribution is 7.92. The fraction of sp³-hybridized carbons (Fsp3) is 0.438. The van der Waals surface area contributed by atoms with Crippen molar-refractivity contribution in [2.75, 3.05) is 24.3 Å². The van der Waals surface area contributed by atoms with Crippen molar-refractivity contribution in [3.05, 3.63) is 116 Å². The molecular weight excluding hydrogens is 930 g/mol. The minimum atomic E-state index is -4.10. The molecule has 1 amide bonds. The first-order valence-electron chi connectivity index (χ1n) is 22.3. The van der Waals surface area contributed by atoms with Gasteiger partial charge in [-0.2, -0.15) is 5.10 Å². The summed E-state index contributed by atoms with van der Waals surface area (Å²) in [5.41, 5.74) is 0.0933. The second-order valence-electron chi connectivity index (χ2n) is 18.5. The van der Waals surface area contributed by atoms with Crippen LogP contribution in [-0.4, -0.2) is 76.4 Å². The molecule has 2 fully saturated rings. The highest BCUT2D eigenvalue weighted by Crippen LogP contribution is 2.42. The highest BCUT2D eigenvalue weighted by atomic mass is 35.5. The van der Waals surface area contributed by atoms with E-state index in [1.54, 1.807) is 58.0 Å². The number of pyridine rings is 1. The molecule has 0 radical (unpaired) electrons. The van der Waals surface area contributed by atoms with Gasteiger partial charge in [0.25, 0.3) is 5.56 Å². The number of alkyl halides is 2. The van der Waals surface area contributed by atoms with Crippen molar-refractivity contribution in [1.29, 1.82) is 0 Å². The fourth-order valence-corrected chi connectivity index (χ4v) is 9.64. The van der Waals surface area contributed by atoms with Crippen LogP contribution in [0, 0.1) is 18.6 Å². The average Bonchev–Trinajstić information content (AvgIpc) is 3.99. The number of hydrogen-bond acceptors (Lipinski definition) is 10. The van der Waals surface area contributed by atoms with E-state index in [2.05, 4.69) is 5.32 Å². The van der Waals surface area contributed by atoms with Crippen molar-refractivity contribution in [2.24, 2.45) is 0 Å². The van der Waals surface area contributed by atoms with Crippen molar-refractivity contribution in [3.8, 4) is 11.4 Å². The molecule has 1 N–H and O–H groups in total. The highest BCUT2D eigenvalue weighted by Gasteiger charge is 2.37. The van der Waals surface area contributed by atoms with Gasteiger partial charge in [-0.05, 0) is 113 Å². The lowest BCUT2D eigenvalue weighted by molar-refractivity contribution is -0.0384. The van der Waals surface area contributed by atoms with Gasteiger partial charge in [-0.25, -0.2) is 45.0 Å². The summed E-state index contributed by atoms with van der Waals surface area (Å²) < 4.78 is 107. The molecule has 2 aliphatic rings. The summed E-state index contributed by atoms with van der Waals surface area (Å²) in [5.74, 6) is -4.63. The number of hydrogen-bond donors (Lipinski definition) is 1. The van der Waals surface area contributed by atoms with Crippen molar-refractivity contribution in [2.45, 2.75) is 115 Å². The van der Waals surface area contributed by atoms with E-state index < -0.39 is 50.9 Å². The van der Waals surface area contributed by atoms with Crippen molar-refractivity contribution in [1.82, 2.24) is 29.6 Å². The number of halogens is 5. The largest absolute Gasteiger partial charge is 0.497 e. The second kappa shape index (κ2) is 19.0. The van der Waals surface area contributed by atoms with Crippen LogP contribution in [0.2, 0.25) is 5.02 Å². The van der Waals surface area contributed by atoms with Gasteiger partial charge in [0.2, 0.25) is 15.9 Å². The average molecular weight is 982 g/mol. The molecule has 2 saturated carbocycles. The number of aryl methyl sites for hydroxylation is 1. The molecule has 1 atom stereocenters. The third-order valence-corrected chi connectivity index (χ3v) is 13.3. The number of carbonyl (C=O) groups excluding carboxylic acids is 1. The topological polar surface area (TPSA) is 160 Å². The number of benzene rings is 3. The van der Waals surface area contributed by atoms with Gasteiger partial charge in [0.1, 0.15) is 28.8 Å². The van der Waals surface area contributed by atoms with Gasteiger partial charge in [-0.15, -0.1) is 0 Å². The van der Waals surface area contributed by atoms with Crippen LogP contribution < -0.4 is 19.9 Å². The maximum absolute atomic E-state index is 15.6. The molecule has 0 unspecified atom stereocenters. The van der Waals surface area contributed by atoms with Crippen LogP contribution in [0.25, 0.3) is 27.6 Å². The number of methoxy groups -OCH3 is 1. The Morgan fingerprint density at radius 3 is 2.26 bits per heavy atom. The SMILES string of the molecule is COc1ccc(CN(c2nn(CCOC3CC3)c3c(-n4c([C@H](Cc5cc(F)cc(F)c5)NC(=O)OC(C)(C)C)nc5nc(C6CCC(F)(F)CC6)cc(C)c5c4=O)ccc(Cl)c23)S(C)(=O)=O)cc1. The van der Waals surface area contributed by atoms with E-state index in [0.29, 0.717) is 28.6 Å². The summed E-state index contributed by atoms with van der Waals surface area (Å²) >= 11 is 7.08. The third kappa shape index (κ3) is 10.9. The lowest BCUT2D eigenvalue weighted by Gasteiger charge is -2.28. The number of amides is 1. The first-order valence-corrected chi connectivity index (χ1v) is 24.5. The third-order valence-electron chi connectivity index (χ3n) is 11.9. The van der Waals surface area contributed by atoms with Gasteiger partial charge in [-0.3, -0.25) is 14.0 Å². The first kappa shape index (κ1) is 48.7. The zero-order valence-corrected chi connectivity index (χ0v) is 40.0. The predicted octanol–water partition coefficient (Wildman–Crippen LogP) is 9.63. The molecule has 14 nitrogen and oxygen atoms in total. The van der Waals surface area contributed by atoms with Crippen LogP contribution in [-0.2, 0) is 39.0 Å². The van der Waals surface area contributed by atoms with E-state index in [1.165, 1.54) is 28.5 Å². The normalized spacial score (nSPS) is 16.0. The Bertz CT molecular complexity index is 3040. The molecular formula is C48H52ClF4N7O7S. The van der Waals surface area contributed by atoms with Crippen LogP contribution in [0.15, 0.2) is 65.5 Å². The Hall–Kier alpha value is -5.79. The molecule has 3 heterocycles. The molecule has 362 valence electrons. The lowest BCUT2D eigenvalue weighted by Crippen LogP contribution is -2.39. The Balaban J connectivity index is 1.41. The molecule has 0 aliphatic heterocycles. The minimum Gasteiger partial charge on any atom is -0.497 e. The second-order valence-corrected chi connectivity index (χ2v) is 20.8. The fourth-order valence-electron chi connectivity index (χ4n) is 8.58. The first-order chi connectivity index (χ1) is 32.1. The summed E-state index contributed by atoms with van der Waals surface area (Å²) in [6.45, 7) is 6.67. The summed E-state index contributed by atoms with van der Waals surface area (Å²) in [6.07, 6.45) is 1.15. The van der Waals surface area contributed by atoms with Gasteiger partial charge in [0.15, 0.2) is 11.5 Å². The van der Waals surface area contributed by atoms with E-state index in [9.17, 15) is 30.8 Å². The quantitative estimate of drug-likeness (QED) is 0.0982. The number of fused-ring (bicyclic) bond motifs is 2. The maximum Gasteiger partial charge on any atom is 0.408 e. The zero-order chi connectivity index (χ0) is 48.9. The Kier molecular flexibility index (Phi) is 13.6. The Morgan fingerprint density at radius 1 is 0.971 bits per heavy atom. The molecule has 0 bridgehead atoms. The number of aromatic nitrogens is 5. The maximum atomic E-state index is 15.6. The number of carbonyl (C=O) groups is 1. The monoisotopic (exact) mass is 981 g/mol. The van der Waals surface area contributed by atoms with E-state index in [1.807, 2.05) is 0 Å². The Morgan fingerprint density at radius 2 is 1.65 bits per heavy atom. The van der Waals surface area contributed by atoms with Crippen molar-refractivity contribution >= 4 is 55.5 Å². The molecule has 0 saturated heterocycles. The van der Waals surface area contributed by atoms with E-state index in [-0.39, 0.29) is 114 Å². The number of nitrogens with one attached hydrogen (secondary N) is 1. The van der Waals surface area contributed by atoms with Gasteiger partial charge in [0, 0.05) is 36.9 Å². The van der Waals surface area contributed by atoms with Crippen LogP contribution in [0.1, 0.15) is 99.5 Å². The van der Waals surface area contributed by atoms with Gasteiger partial charge >= 0.3 is 6.09 Å². The number of ether oxygens (including phenoxy) is 3. The number of rotatable bonds is 15. The molecule has 3 aromatic carbocycles. The minimum absolute atomic E-state index is 0.0404.